The molecule has 1 fully saturated rings. The Morgan fingerprint density at radius 1 is 1.41 bits per heavy atom. The first-order valence-corrected chi connectivity index (χ1v) is 6.56. The van der Waals surface area contributed by atoms with Crippen LogP contribution in [-0.4, -0.2) is 22.4 Å². The van der Waals surface area contributed by atoms with E-state index >= 15 is 0 Å². The molecule has 1 amide bonds. The second-order valence-electron chi connectivity index (χ2n) is 4.53. The average molecular weight is 318 g/mol. The Labute approximate surface area is 111 Å². The van der Waals surface area contributed by atoms with Crippen LogP contribution >= 0.6 is 27.5 Å². The molecule has 1 aromatic heterocycles. The fourth-order valence-corrected chi connectivity index (χ4v) is 3.51. The van der Waals surface area contributed by atoms with Gasteiger partial charge in [-0.15, -0.1) is 0 Å². The first-order valence-electron chi connectivity index (χ1n) is 5.39. The van der Waals surface area contributed by atoms with E-state index in [0.29, 0.717) is 15.2 Å². The molecule has 2 aliphatic rings. The molecular formula is C11H10BrClN2O2. The third-order valence-electron chi connectivity index (χ3n) is 3.81. The number of nitrogens with zero attached hydrogens (tertiary/aromatic N) is 2. The van der Waals surface area contributed by atoms with Gasteiger partial charge in [-0.25, -0.2) is 0 Å². The van der Waals surface area contributed by atoms with Crippen LogP contribution in [0.3, 0.4) is 0 Å². The van der Waals surface area contributed by atoms with Crippen LogP contribution in [0.2, 0.25) is 5.02 Å². The smallest absolute Gasteiger partial charge is 0.273 e. The van der Waals surface area contributed by atoms with E-state index in [-0.39, 0.29) is 11.5 Å². The molecule has 1 aliphatic carbocycles. The van der Waals surface area contributed by atoms with Gasteiger partial charge >= 0.3 is 0 Å². The summed E-state index contributed by atoms with van der Waals surface area (Å²) in [5.74, 6) is -0.167. The minimum absolute atomic E-state index is 0.167. The summed E-state index contributed by atoms with van der Waals surface area (Å²) in [7, 11) is 1.73. The Kier molecular flexibility index (Phi) is 2.23. The number of carbonyl (C=O) groups excluding carboxylic acids is 1. The number of pyridine rings is 1. The Balaban J connectivity index is 2.40. The highest BCUT2D eigenvalue weighted by Crippen LogP contribution is 2.47. The van der Waals surface area contributed by atoms with Gasteiger partial charge in [0, 0.05) is 7.05 Å². The van der Waals surface area contributed by atoms with Crippen molar-refractivity contribution in [2.45, 2.75) is 24.9 Å². The van der Waals surface area contributed by atoms with E-state index in [4.69, 9.17) is 11.6 Å². The minimum atomic E-state index is -0.475. The monoisotopic (exact) mass is 316 g/mol. The quantitative estimate of drug-likeness (QED) is 0.736. The zero-order valence-corrected chi connectivity index (χ0v) is 11.5. The molecule has 1 saturated carbocycles. The molecule has 0 radical (unpaired) electrons. The van der Waals surface area contributed by atoms with Gasteiger partial charge in [-0.2, -0.15) is 0 Å². The van der Waals surface area contributed by atoms with Crippen LogP contribution in [0.4, 0.5) is 0 Å². The lowest BCUT2D eigenvalue weighted by Gasteiger charge is -2.44. The van der Waals surface area contributed by atoms with E-state index in [2.05, 4.69) is 15.9 Å². The molecule has 4 nitrogen and oxygen atoms in total. The Morgan fingerprint density at radius 2 is 2.06 bits per heavy atom. The van der Waals surface area contributed by atoms with Gasteiger partial charge in [0.25, 0.3) is 11.5 Å². The molecule has 0 atom stereocenters. The molecule has 1 aromatic rings. The van der Waals surface area contributed by atoms with Crippen molar-refractivity contribution in [3.8, 4) is 0 Å². The fourth-order valence-electron chi connectivity index (χ4n) is 2.70. The predicted molar refractivity (Wildman–Crippen MR) is 67.3 cm³/mol. The Bertz CT molecular complexity index is 592. The summed E-state index contributed by atoms with van der Waals surface area (Å²) in [4.78, 5) is 26.0. The van der Waals surface area contributed by atoms with E-state index in [1.807, 2.05) is 0 Å². The standard InChI is InChI=1S/C11H10BrClN2O2/c1-14-10(17)8-7(13)5-6(12)9(16)15(8)11(14)3-2-4-11/h5H,2-4H2,1H3. The molecule has 6 heteroatoms. The van der Waals surface area contributed by atoms with Crippen LogP contribution in [0.25, 0.3) is 0 Å². The number of aromatic nitrogens is 1. The summed E-state index contributed by atoms with van der Waals surface area (Å²) in [6.45, 7) is 0. The number of carbonyl (C=O) groups is 1. The Hall–Kier alpha value is -0.810. The van der Waals surface area contributed by atoms with Crippen molar-refractivity contribution in [1.29, 1.82) is 0 Å². The van der Waals surface area contributed by atoms with Gasteiger partial charge in [0.05, 0.1) is 9.50 Å². The number of fused-ring (bicyclic) bond motifs is 2. The summed E-state index contributed by atoms with van der Waals surface area (Å²) < 4.78 is 1.96. The second kappa shape index (κ2) is 3.36. The molecule has 1 spiro atoms. The molecule has 17 heavy (non-hydrogen) atoms. The highest BCUT2D eigenvalue weighted by Gasteiger charge is 2.53. The van der Waals surface area contributed by atoms with Crippen molar-refractivity contribution in [3.63, 3.8) is 0 Å². The molecule has 0 unspecified atom stereocenters. The van der Waals surface area contributed by atoms with Crippen molar-refractivity contribution in [3.05, 3.63) is 31.6 Å². The molecule has 1 aliphatic heterocycles. The molecule has 90 valence electrons. The van der Waals surface area contributed by atoms with Crippen molar-refractivity contribution >= 4 is 33.4 Å². The van der Waals surface area contributed by atoms with Crippen LogP contribution in [0.5, 0.6) is 0 Å². The van der Waals surface area contributed by atoms with Crippen molar-refractivity contribution in [1.82, 2.24) is 9.47 Å². The molecule has 0 N–H and O–H groups in total. The predicted octanol–water partition coefficient (Wildman–Crippen LogP) is 2.19. The van der Waals surface area contributed by atoms with E-state index in [0.717, 1.165) is 19.3 Å². The summed E-state index contributed by atoms with van der Waals surface area (Å²) in [5, 5.41) is 0.331. The average Bonchev–Trinajstić information content (AvgIpc) is 2.45. The molecule has 0 aromatic carbocycles. The zero-order valence-electron chi connectivity index (χ0n) is 9.17. The summed E-state index contributed by atoms with van der Waals surface area (Å²) in [6.07, 6.45) is 2.65. The normalized spacial score (nSPS) is 20.6. The van der Waals surface area contributed by atoms with E-state index < -0.39 is 5.66 Å². The second-order valence-corrected chi connectivity index (χ2v) is 5.79. The first-order chi connectivity index (χ1) is 7.99. The van der Waals surface area contributed by atoms with Gasteiger partial charge < -0.3 is 4.90 Å². The topological polar surface area (TPSA) is 42.3 Å². The molecule has 2 heterocycles. The lowest BCUT2D eigenvalue weighted by molar-refractivity contribution is -0.00122. The van der Waals surface area contributed by atoms with Crippen molar-refractivity contribution in [2.75, 3.05) is 7.05 Å². The minimum Gasteiger partial charge on any atom is -0.317 e. The highest BCUT2D eigenvalue weighted by atomic mass is 79.9. The number of hydrogen-bond donors (Lipinski definition) is 0. The first kappa shape index (κ1) is 11.3. The maximum absolute atomic E-state index is 12.2. The fraction of sp³-hybridized carbons (Fsp3) is 0.455. The zero-order chi connectivity index (χ0) is 12.4. The van der Waals surface area contributed by atoms with Crippen LogP contribution in [0.15, 0.2) is 15.3 Å². The summed E-state index contributed by atoms with van der Waals surface area (Å²) in [6, 6.07) is 1.50. The lowest BCUT2D eigenvalue weighted by atomic mass is 9.84. The van der Waals surface area contributed by atoms with Crippen LogP contribution in [-0.2, 0) is 5.66 Å². The van der Waals surface area contributed by atoms with Gasteiger partial charge in [0.2, 0.25) is 0 Å². The van der Waals surface area contributed by atoms with E-state index in [9.17, 15) is 9.59 Å². The van der Waals surface area contributed by atoms with Gasteiger partial charge in [-0.05, 0) is 41.3 Å². The summed E-state index contributed by atoms with van der Waals surface area (Å²) in [5.41, 5.74) is -0.333. The maximum atomic E-state index is 12.2. The van der Waals surface area contributed by atoms with Gasteiger partial charge in [0.1, 0.15) is 11.4 Å². The number of halogens is 2. The number of rotatable bonds is 0. The Morgan fingerprint density at radius 3 is 2.59 bits per heavy atom. The molecule has 0 bridgehead atoms. The summed E-state index contributed by atoms with van der Waals surface area (Å²) >= 11 is 9.28. The molecule has 0 saturated heterocycles. The molecular weight excluding hydrogens is 307 g/mol. The third kappa shape index (κ3) is 1.19. The van der Waals surface area contributed by atoms with Crippen LogP contribution < -0.4 is 5.56 Å². The number of amides is 1. The highest BCUT2D eigenvalue weighted by molar-refractivity contribution is 9.10. The lowest BCUT2D eigenvalue weighted by Crippen LogP contribution is -2.53. The van der Waals surface area contributed by atoms with Crippen LogP contribution in [0.1, 0.15) is 29.8 Å². The third-order valence-corrected chi connectivity index (χ3v) is 4.67. The SMILES string of the molecule is CN1C(=O)c2c(Cl)cc(Br)c(=O)n2C12CCC2. The van der Waals surface area contributed by atoms with Crippen molar-refractivity contribution < 1.29 is 4.79 Å². The van der Waals surface area contributed by atoms with Gasteiger partial charge in [-0.1, -0.05) is 11.6 Å². The number of hydrogen-bond acceptors (Lipinski definition) is 2. The molecule has 3 rings (SSSR count). The van der Waals surface area contributed by atoms with Crippen LogP contribution in [0, 0.1) is 0 Å². The van der Waals surface area contributed by atoms with E-state index in [1.165, 1.54) is 6.07 Å². The van der Waals surface area contributed by atoms with E-state index in [1.54, 1.807) is 16.5 Å². The van der Waals surface area contributed by atoms with Gasteiger partial charge in [0.15, 0.2) is 0 Å². The van der Waals surface area contributed by atoms with Crippen molar-refractivity contribution in [2.24, 2.45) is 0 Å². The largest absolute Gasteiger partial charge is 0.317 e. The maximum Gasteiger partial charge on any atom is 0.273 e. The van der Waals surface area contributed by atoms with Gasteiger partial charge in [-0.3, -0.25) is 14.2 Å².